The second kappa shape index (κ2) is 7.14. The Morgan fingerprint density at radius 2 is 1.71 bits per heavy atom. The van der Waals surface area contributed by atoms with Crippen molar-refractivity contribution in [2.24, 2.45) is 0 Å². The van der Waals surface area contributed by atoms with Crippen molar-refractivity contribution in [1.82, 2.24) is 0 Å². The molecule has 3 heteroatoms. The number of aliphatic hydroxyl groups excluding tert-OH is 1. The molecule has 0 saturated carbocycles. The van der Waals surface area contributed by atoms with Gasteiger partial charge < -0.3 is 14.6 Å². The van der Waals surface area contributed by atoms with E-state index in [1.165, 1.54) is 5.56 Å². The predicted molar refractivity (Wildman–Crippen MR) is 84.0 cm³/mol. The molecule has 0 spiro atoms. The van der Waals surface area contributed by atoms with Crippen LogP contribution in [0.25, 0.3) is 0 Å². The van der Waals surface area contributed by atoms with Gasteiger partial charge in [0.25, 0.3) is 0 Å². The molecule has 1 unspecified atom stereocenters. The Kier molecular flexibility index (Phi) is 5.23. The van der Waals surface area contributed by atoms with Crippen LogP contribution in [0, 0.1) is 0 Å². The average Bonchev–Trinajstić information content (AvgIpc) is 2.54. The zero-order chi connectivity index (χ0) is 15.2. The third kappa shape index (κ3) is 3.56. The second-order valence-corrected chi connectivity index (χ2v) is 5.00. The van der Waals surface area contributed by atoms with Crippen LogP contribution >= 0.6 is 0 Å². The SMILES string of the molecule is CCCc1ccc(C(O)c2ccc(OC)cc2OC)cc1. The summed E-state index contributed by atoms with van der Waals surface area (Å²) in [4.78, 5) is 0. The quantitative estimate of drug-likeness (QED) is 0.879. The van der Waals surface area contributed by atoms with Crippen molar-refractivity contribution < 1.29 is 14.6 Å². The van der Waals surface area contributed by atoms with Crippen LogP contribution in [0.3, 0.4) is 0 Å². The van der Waals surface area contributed by atoms with Crippen molar-refractivity contribution in [2.75, 3.05) is 14.2 Å². The number of hydrogen-bond donors (Lipinski definition) is 1. The van der Waals surface area contributed by atoms with E-state index in [9.17, 15) is 5.11 Å². The van der Waals surface area contributed by atoms with Gasteiger partial charge in [-0.1, -0.05) is 37.6 Å². The van der Waals surface area contributed by atoms with E-state index in [2.05, 4.69) is 19.1 Å². The molecule has 3 nitrogen and oxygen atoms in total. The zero-order valence-electron chi connectivity index (χ0n) is 12.8. The number of rotatable bonds is 6. The Morgan fingerprint density at radius 1 is 1.00 bits per heavy atom. The molecule has 2 rings (SSSR count). The van der Waals surface area contributed by atoms with Gasteiger partial charge in [-0.2, -0.15) is 0 Å². The van der Waals surface area contributed by atoms with Gasteiger partial charge >= 0.3 is 0 Å². The molecule has 0 fully saturated rings. The van der Waals surface area contributed by atoms with Gasteiger partial charge in [-0.05, 0) is 29.7 Å². The summed E-state index contributed by atoms with van der Waals surface area (Å²) in [6.45, 7) is 2.16. The van der Waals surface area contributed by atoms with Gasteiger partial charge in [0.2, 0.25) is 0 Å². The van der Waals surface area contributed by atoms with Crippen molar-refractivity contribution in [3.05, 3.63) is 59.2 Å². The lowest BCUT2D eigenvalue weighted by Gasteiger charge is -2.16. The number of methoxy groups -OCH3 is 2. The first-order valence-electron chi connectivity index (χ1n) is 7.18. The van der Waals surface area contributed by atoms with E-state index in [0.29, 0.717) is 11.5 Å². The van der Waals surface area contributed by atoms with E-state index < -0.39 is 6.10 Å². The smallest absolute Gasteiger partial charge is 0.128 e. The van der Waals surface area contributed by atoms with Crippen LogP contribution in [0.1, 0.15) is 36.1 Å². The lowest BCUT2D eigenvalue weighted by molar-refractivity contribution is 0.214. The van der Waals surface area contributed by atoms with Crippen molar-refractivity contribution in [3.63, 3.8) is 0 Å². The summed E-state index contributed by atoms with van der Waals surface area (Å²) in [6, 6.07) is 13.5. The number of benzene rings is 2. The standard InChI is InChI=1S/C18H22O3/c1-4-5-13-6-8-14(9-7-13)18(19)16-11-10-15(20-2)12-17(16)21-3/h6-12,18-19H,4-5H2,1-3H3. The van der Waals surface area contributed by atoms with E-state index in [4.69, 9.17) is 9.47 Å². The van der Waals surface area contributed by atoms with Crippen LogP contribution in [-0.4, -0.2) is 19.3 Å². The van der Waals surface area contributed by atoms with Crippen molar-refractivity contribution >= 4 is 0 Å². The summed E-state index contributed by atoms with van der Waals surface area (Å²) >= 11 is 0. The molecule has 1 N–H and O–H groups in total. The first kappa shape index (κ1) is 15.4. The van der Waals surface area contributed by atoms with Crippen molar-refractivity contribution in [1.29, 1.82) is 0 Å². The van der Waals surface area contributed by atoms with Crippen LogP contribution in [0.4, 0.5) is 0 Å². The zero-order valence-corrected chi connectivity index (χ0v) is 12.8. The van der Waals surface area contributed by atoms with Gasteiger partial charge in [-0.15, -0.1) is 0 Å². The predicted octanol–water partition coefficient (Wildman–Crippen LogP) is 3.74. The molecule has 0 aliphatic rings. The maximum atomic E-state index is 10.6. The Balaban J connectivity index is 2.28. The maximum Gasteiger partial charge on any atom is 0.128 e. The summed E-state index contributed by atoms with van der Waals surface area (Å²) < 4.78 is 10.5. The number of ether oxygens (including phenoxy) is 2. The molecule has 0 amide bonds. The summed E-state index contributed by atoms with van der Waals surface area (Å²) in [7, 11) is 3.20. The maximum absolute atomic E-state index is 10.6. The molecule has 0 aliphatic heterocycles. The van der Waals surface area contributed by atoms with Gasteiger partial charge in [0.05, 0.1) is 14.2 Å². The molecular weight excluding hydrogens is 264 g/mol. The number of hydrogen-bond acceptors (Lipinski definition) is 3. The lowest BCUT2D eigenvalue weighted by atomic mass is 9.98. The summed E-state index contributed by atoms with van der Waals surface area (Å²) in [5, 5.41) is 10.6. The van der Waals surface area contributed by atoms with Crippen LogP contribution in [0.15, 0.2) is 42.5 Å². The Hall–Kier alpha value is -2.00. The minimum absolute atomic E-state index is 0.625. The molecule has 0 aromatic heterocycles. The molecule has 1 atom stereocenters. The highest BCUT2D eigenvalue weighted by Gasteiger charge is 2.16. The van der Waals surface area contributed by atoms with E-state index in [-0.39, 0.29) is 0 Å². The van der Waals surface area contributed by atoms with Crippen LogP contribution < -0.4 is 9.47 Å². The number of aryl methyl sites for hydroxylation is 1. The molecule has 112 valence electrons. The molecule has 21 heavy (non-hydrogen) atoms. The van der Waals surface area contributed by atoms with E-state index in [0.717, 1.165) is 24.0 Å². The summed E-state index contributed by atoms with van der Waals surface area (Å²) in [5.74, 6) is 1.33. The fourth-order valence-corrected chi connectivity index (χ4v) is 2.38. The number of aliphatic hydroxyl groups is 1. The fraction of sp³-hybridized carbons (Fsp3) is 0.333. The topological polar surface area (TPSA) is 38.7 Å². The van der Waals surface area contributed by atoms with Gasteiger partial charge in [-0.3, -0.25) is 0 Å². The normalized spacial score (nSPS) is 12.0. The van der Waals surface area contributed by atoms with Gasteiger partial charge in [0.15, 0.2) is 0 Å². The minimum atomic E-state index is -0.707. The monoisotopic (exact) mass is 286 g/mol. The summed E-state index contributed by atoms with van der Waals surface area (Å²) in [5.41, 5.74) is 2.88. The Morgan fingerprint density at radius 3 is 2.29 bits per heavy atom. The molecule has 0 radical (unpaired) electrons. The largest absolute Gasteiger partial charge is 0.497 e. The van der Waals surface area contributed by atoms with Crippen LogP contribution in [0.5, 0.6) is 11.5 Å². The molecule has 0 heterocycles. The highest BCUT2D eigenvalue weighted by atomic mass is 16.5. The lowest BCUT2D eigenvalue weighted by Crippen LogP contribution is -2.03. The molecule has 0 bridgehead atoms. The third-order valence-corrected chi connectivity index (χ3v) is 3.57. The molecule has 0 aliphatic carbocycles. The first-order chi connectivity index (χ1) is 10.2. The average molecular weight is 286 g/mol. The van der Waals surface area contributed by atoms with Gasteiger partial charge in [0, 0.05) is 11.6 Å². The van der Waals surface area contributed by atoms with E-state index in [1.54, 1.807) is 20.3 Å². The highest BCUT2D eigenvalue weighted by Crippen LogP contribution is 2.33. The Labute approximate surface area is 126 Å². The first-order valence-corrected chi connectivity index (χ1v) is 7.18. The molecular formula is C18H22O3. The van der Waals surface area contributed by atoms with Gasteiger partial charge in [-0.25, -0.2) is 0 Å². The van der Waals surface area contributed by atoms with Crippen LogP contribution in [0.2, 0.25) is 0 Å². The second-order valence-electron chi connectivity index (χ2n) is 5.00. The van der Waals surface area contributed by atoms with E-state index >= 15 is 0 Å². The van der Waals surface area contributed by atoms with Crippen LogP contribution in [-0.2, 0) is 6.42 Å². The fourth-order valence-electron chi connectivity index (χ4n) is 2.38. The summed E-state index contributed by atoms with van der Waals surface area (Å²) in [6.07, 6.45) is 1.47. The Bertz CT molecular complexity index is 576. The van der Waals surface area contributed by atoms with Gasteiger partial charge in [0.1, 0.15) is 17.6 Å². The van der Waals surface area contributed by atoms with E-state index in [1.807, 2.05) is 24.3 Å². The third-order valence-electron chi connectivity index (χ3n) is 3.57. The molecule has 2 aromatic rings. The highest BCUT2D eigenvalue weighted by molar-refractivity contribution is 5.45. The van der Waals surface area contributed by atoms with Crippen molar-refractivity contribution in [3.8, 4) is 11.5 Å². The molecule has 2 aromatic carbocycles. The van der Waals surface area contributed by atoms with Crippen molar-refractivity contribution in [2.45, 2.75) is 25.9 Å². The minimum Gasteiger partial charge on any atom is -0.497 e. The molecule has 0 saturated heterocycles.